The first-order chi connectivity index (χ1) is 14.6. The summed E-state index contributed by atoms with van der Waals surface area (Å²) in [7, 11) is 3.23. The number of fused-ring (bicyclic) bond motifs is 1. The van der Waals surface area contributed by atoms with Crippen LogP contribution in [0.15, 0.2) is 42.5 Å². The van der Waals surface area contributed by atoms with Crippen LogP contribution in [0.5, 0.6) is 17.2 Å². The molecule has 1 saturated heterocycles. The van der Waals surface area contributed by atoms with Crippen LogP contribution >= 0.6 is 0 Å². The predicted molar refractivity (Wildman–Crippen MR) is 112 cm³/mol. The van der Waals surface area contributed by atoms with Crippen LogP contribution in [0, 0.1) is 0 Å². The molecule has 0 aromatic heterocycles. The molecule has 30 heavy (non-hydrogen) atoms. The third-order valence-electron chi connectivity index (χ3n) is 5.70. The van der Waals surface area contributed by atoms with E-state index in [1.54, 1.807) is 19.1 Å². The fourth-order valence-electron chi connectivity index (χ4n) is 4.20. The van der Waals surface area contributed by atoms with E-state index in [1.165, 1.54) is 0 Å². The van der Waals surface area contributed by atoms with E-state index in [1.807, 2.05) is 47.4 Å². The van der Waals surface area contributed by atoms with Gasteiger partial charge in [-0.25, -0.2) is 0 Å². The lowest BCUT2D eigenvalue weighted by Crippen LogP contribution is -2.42. The molecule has 2 amide bonds. The van der Waals surface area contributed by atoms with E-state index in [0.29, 0.717) is 36.1 Å². The zero-order valence-electron chi connectivity index (χ0n) is 17.3. The van der Waals surface area contributed by atoms with Gasteiger partial charge in [0.1, 0.15) is 23.8 Å². The van der Waals surface area contributed by atoms with Crippen molar-refractivity contribution in [3.05, 3.63) is 48.0 Å². The van der Waals surface area contributed by atoms with Crippen LogP contribution in [0.3, 0.4) is 0 Å². The number of carbonyl (C=O) groups is 2. The van der Waals surface area contributed by atoms with Crippen LogP contribution in [0.4, 0.5) is 5.69 Å². The lowest BCUT2D eigenvalue weighted by atomic mass is 10.0. The Balaban J connectivity index is 1.58. The predicted octanol–water partition coefficient (Wildman–Crippen LogP) is 3.18. The monoisotopic (exact) mass is 410 g/mol. The third-order valence-corrected chi connectivity index (χ3v) is 5.70. The lowest BCUT2D eigenvalue weighted by molar-refractivity contribution is -0.132. The number of hydrogen-bond donors (Lipinski definition) is 0. The van der Waals surface area contributed by atoms with Crippen LogP contribution < -0.4 is 19.1 Å². The van der Waals surface area contributed by atoms with Crippen molar-refractivity contribution < 1.29 is 23.8 Å². The van der Waals surface area contributed by atoms with Gasteiger partial charge in [0, 0.05) is 18.2 Å². The second-order valence-electron chi connectivity index (χ2n) is 7.40. The molecule has 158 valence electrons. The number of nitrogens with zero attached hydrogens (tertiary/aromatic N) is 2. The summed E-state index contributed by atoms with van der Waals surface area (Å²) < 4.78 is 16.5. The summed E-state index contributed by atoms with van der Waals surface area (Å²) in [5, 5.41) is 0. The molecule has 1 fully saturated rings. The van der Waals surface area contributed by atoms with Crippen molar-refractivity contribution in [3.8, 4) is 17.2 Å². The zero-order chi connectivity index (χ0) is 21.1. The highest BCUT2D eigenvalue weighted by atomic mass is 16.5. The highest BCUT2D eigenvalue weighted by molar-refractivity contribution is 6.00. The summed E-state index contributed by atoms with van der Waals surface area (Å²) in [4.78, 5) is 29.4. The van der Waals surface area contributed by atoms with Gasteiger partial charge in [0.15, 0.2) is 0 Å². The normalized spacial score (nSPS) is 18.5. The summed E-state index contributed by atoms with van der Waals surface area (Å²) >= 11 is 0. The van der Waals surface area contributed by atoms with Crippen LogP contribution in [0.1, 0.15) is 30.9 Å². The number of hydrogen-bond acceptors (Lipinski definition) is 5. The third kappa shape index (κ3) is 3.79. The molecule has 0 saturated carbocycles. The van der Waals surface area contributed by atoms with Gasteiger partial charge in [-0.05, 0) is 37.1 Å². The molecule has 0 spiro atoms. The van der Waals surface area contributed by atoms with Gasteiger partial charge in [0.2, 0.25) is 11.8 Å². The maximum absolute atomic E-state index is 13.3. The molecule has 4 rings (SSSR count). The first kappa shape index (κ1) is 20.1. The van der Waals surface area contributed by atoms with E-state index in [4.69, 9.17) is 14.2 Å². The molecule has 0 unspecified atom stereocenters. The first-order valence-corrected chi connectivity index (χ1v) is 10.2. The van der Waals surface area contributed by atoms with Crippen molar-refractivity contribution in [3.63, 3.8) is 0 Å². The Kier molecular flexibility index (Phi) is 5.79. The maximum atomic E-state index is 13.3. The Hall–Kier alpha value is -3.22. The molecule has 1 atom stereocenters. The maximum Gasteiger partial charge on any atom is 0.243 e. The summed E-state index contributed by atoms with van der Waals surface area (Å²) in [5.74, 6) is 1.85. The average molecular weight is 410 g/mol. The summed E-state index contributed by atoms with van der Waals surface area (Å²) in [5.41, 5.74) is 1.60. The Labute approximate surface area is 176 Å². The van der Waals surface area contributed by atoms with Gasteiger partial charge >= 0.3 is 0 Å². The van der Waals surface area contributed by atoms with Crippen molar-refractivity contribution in [2.75, 3.05) is 38.8 Å². The van der Waals surface area contributed by atoms with Crippen molar-refractivity contribution in [1.29, 1.82) is 0 Å². The number of para-hydroxylation sites is 2. The molecule has 7 nitrogen and oxygen atoms in total. The quantitative estimate of drug-likeness (QED) is 0.757. The number of rotatable bonds is 5. The summed E-state index contributed by atoms with van der Waals surface area (Å²) in [6, 6.07) is 12.9. The topological polar surface area (TPSA) is 68.3 Å². The first-order valence-electron chi connectivity index (χ1n) is 10.2. The van der Waals surface area contributed by atoms with Crippen molar-refractivity contribution in [1.82, 2.24) is 4.90 Å². The number of ether oxygens (including phenoxy) is 3. The molecule has 0 bridgehead atoms. The van der Waals surface area contributed by atoms with Crippen LogP contribution in [-0.2, 0) is 9.59 Å². The molecule has 7 heteroatoms. The van der Waals surface area contributed by atoms with Gasteiger partial charge in [-0.2, -0.15) is 0 Å². The summed E-state index contributed by atoms with van der Waals surface area (Å²) in [6.07, 6.45) is 2.00. The average Bonchev–Trinajstić information content (AvgIpc) is 3.21. The Morgan fingerprint density at radius 2 is 2.00 bits per heavy atom. The Morgan fingerprint density at radius 1 is 1.17 bits per heavy atom. The molecular formula is C23H26N2O5. The van der Waals surface area contributed by atoms with E-state index < -0.39 is 0 Å². The van der Waals surface area contributed by atoms with Gasteiger partial charge in [-0.15, -0.1) is 0 Å². The summed E-state index contributed by atoms with van der Waals surface area (Å²) in [6.45, 7) is 0.961. The van der Waals surface area contributed by atoms with Crippen molar-refractivity contribution in [2.45, 2.75) is 25.3 Å². The van der Waals surface area contributed by atoms with Gasteiger partial charge in [0.25, 0.3) is 0 Å². The van der Waals surface area contributed by atoms with E-state index in [9.17, 15) is 9.59 Å². The SMILES string of the molecule is COc1ccc([C@@H]2CCCN2C(=O)CN2C(=O)CCOc3ccccc32)c(OC)c1. The van der Waals surface area contributed by atoms with E-state index in [0.717, 1.165) is 18.4 Å². The van der Waals surface area contributed by atoms with E-state index in [-0.39, 0.29) is 30.8 Å². The number of carbonyl (C=O) groups excluding carboxylic acids is 2. The number of benzene rings is 2. The van der Waals surface area contributed by atoms with E-state index in [2.05, 4.69) is 0 Å². The minimum Gasteiger partial charge on any atom is -0.497 e. The van der Waals surface area contributed by atoms with Crippen LogP contribution in [0.2, 0.25) is 0 Å². The van der Waals surface area contributed by atoms with Crippen LogP contribution in [0.25, 0.3) is 0 Å². The number of methoxy groups -OCH3 is 2. The van der Waals surface area contributed by atoms with Gasteiger partial charge in [-0.3, -0.25) is 14.5 Å². The van der Waals surface area contributed by atoms with Crippen molar-refractivity contribution >= 4 is 17.5 Å². The number of amides is 2. The van der Waals surface area contributed by atoms with Gasteiger partial charge < -0.3 is 19.1 Å². The largest absolute Gasteiger partial charge is 0.497 e. The van der Waals surface area contributed by atoms with Gasteiger partial charge in [-0.1, -0.05) is 12.1 Å². The second-order valence-corrected chi connectivity index (χ2v) is 7.40. The molecule has 2 aliphatic rings. The zero-order valence-corrected chi connectivity index (χ0v) is 17.3. The minimum atomic E-state index is -0.105. The highest BCUT2D eigenvalue weighted by Crippen LogP contribution is 2.39. The lowest BCUT2D eigenvalue weighted by Gasteiger charge is -2.29. The van der Waals surface area contributed by atoms with Crippen LogP contribution in [-0.4, -0.2) is 50.6 Å². The Bertz CT molecular complexity index is 945. The smallest absolute Gasteiger partial charge is 0.243 e. The molecule has 0 radical (unpaired) electrons. The van der Waals surface area contributed by atoms with E-state index >= 15 is 0 Å². The van der Waals surface area contributed by atoms with Crippen molar-refractivity contribution in [2.24, 2.45) is 0 Å². The molecule has 2 aliphatic heterocycles. The highest BCUT2D eigenvalue weighted by Gasteiger charge is 2.34. The molecule has 0 aliphatic carbocycles. The molecule has 0 N–H and O–H groups in total. The number of likely N-dealkylation sites (tertiary alicyclic amines) is 1. The number of anilines is 1. The Morgan fingerprint density at radius 3 is 2.80 bits per heavy atom. The minimum absolute atomic E-state index is 0.00578. The van der Waals surface area contributed by atoms with Gasteiger partial charge in [0.05, 0.1) is 39.0 Å². The molecule has 2 aromatic carbocycles. The molecule has 2 aromatic rings. The second kappa shape index (κ2) is 8.65. The fourth-order valence-corrected chi connectivity index (χ4v) is 4.20. The standard InChI is InChI=1S/C23H26N2O5/c1-28-16-9-10-17(21(14-16)29-2)18-7-5-12-24(18)23(27)15-25-19-6-3-4-8-20(19)30-13-11-22(25)26/h3-4,6,8-10,14,18H,5,7,11-13,15H2,1-2H3/t18-/m0/s1. The fraction of sp³-hybridized carbons (Fsp3) is 0.391. The molecule has 2 heterocycles. The molecular weight excluding hydrogens is 384 g/mol.